The fourth-order valence-electron chi connectivity index (χ4n) is 4.28. The molecule has 2 aliphatic heterocycles. The van der Waals surface area contributed by atoms with E-state index in [9.17, 15) is 4.79 Å². The van der Waals surface area contributed by atoms with Gasteiger partial charge in [-0.3, -0.25) is 4.79 Å². The Morgan fingerprint density at radius 1 is 1.30 bits per heavy atom. The second-order valence-electron chi connectivity index (χ2n) is 7.44. The minimum Gasteiger partial charge on any atom is -0.373 e. The standard InChI is InChI=1S/C17H29NO2/c1-3-14-10-17(20-11-14)8-9-18(12-17)16(19)15-6-4-13(2)5-7-15/h13-15H,3-12H2,1-2H3. The zero-order chi connectivity index (χ0) is 14.2. The summed E-state index contributed by atoms with van der Waals surface area (Å²) in [4.78, 5) is 14.8. The minimum absolute atomic E-state index is 0.0122. The molecule has 3 aliphatic rings. The molecule has 1 saturated carbocycles. The summed E-state index contributed by atoms with van der Waals surface area (Å²) in [6.07, 6.45) is 8.07. The van der Waals surface area contributed by atoms with Crippen molar-refractivity contribution in [2.45, 2.75) is 64.4 Å². The number of ether oxygens (including phenoxy) is 1. The van der Waals surface area contributed by atoms with Crippen molar-refractivity contribution in [2.24, 2.45) is 17.8 Å². The highest BCUT2D eigenvalue weighted by Crippen LogP contribution is 2.40. The zero-order valence-electron chi connectivity index (χ0n) is 13.1. The van der Waals surface area contributed by atoms with Gasteiger partial charge in [0.2, 0.25) is 5.91 Å². The topological polar surface area (TPSA) is 29.5 Å². The monoisotopic (exact) mass is 279 g/mol. The van der Waals surface area contributed by atoms with E-state index in [1.807, 2.05) is 0 Å². The van der Waals surface area contributed by atoms with Gasteiger partial charge in [-0.05, 0) is 50.4 Å². The van der Waals surface area contributed by atoms with Crippen molar-refractivity contribution in [3.63, 3.8) is 0 Å². The molecule has 2 heterocycles. The van der Waals surface area contributed by atoms with Gasteiger partial charge in [0.1, 0.15) is 0 Å². The Hall–Kier alpha value is -0.570. The van der Waals surface area contributed by atoms with Gasteiger partial charge in [0, 0.05) is 19.0 Å². The smallest absolute Gasteiger partial charge is 0.225 e. The SMILES string of the molecule is CCC1COC2(CCN(C(=O)C3CCC(C)CC3)C2)C1. The second kappa shape index (κ2) is 5.67. The van der Waals surface area contributed by atoms with Crippen LogP contribution < -0.4 is 0 Å². The van der Waals surface area contributed by atoms with Crippen LogP contribution in [-0.2, 0) is 9.53 Å². The highest BCUT2D eigenvalue weighted by Gasteiger charge is 2.46. The maximum Gasteiger partial charge on any atom is 0.225 e. The van der Waals surface area contributed by atoms with Gasteiger partial charge in [0.25, 0.3) is 0 Å². The first kappa shape index (κ1) is 14.4. The molecule has 3 nitrogen and oxygen atoms in total. The van der Waals surface area contributed by atoms with Gasteiger partial charge in [-0.15, -0.1) is 0 Å². The first-order valence-electron chi connectivity index (χ1n) is 8.54. The maximum absolute atomic E-state index is 12.7. The molecule has 3 fully saturated rings. The van der Waals surface area contributed by atoms with Crippen molar-refractivity contribution in [3.05, 3.63) is 0 Å². The Labute approximate surface area is 123 Å². The summed E-state index contributed by atoms with van der Waals surface area (Å²) in [5.74, 6) is 2.23. The molecule has 0 aromatic rings. The van der Waals surface area contributed by atoms with E-state index in [4.69, 9.17) is 4.74 Å². The molecular formula is C17H29NO2. The molecule has 2 unspecified atom stereocenters. The quantitative estimate of drug-likeness (QED) is 0.776. The van der Waals surface area contributed by atoms with Crippen LogP contribution in [0.5, 0.6) is 0 Å². The Bertz CT molecular complexity index is 362. The first-order chi connectivity index (χ1) is 9.62. The van der Waals surface area contributed by atoms with Crippen molar-refractivity contribution in [1.29, 1.82) is 0 Å². The fourth-order valence-corrected chi connectivity index (χ4v) is 4.28. The van der Waals surface area contributed by atoms with Crippen LogP contribution >= 0.6 is 0 Å². The molecule has 0 aromatic heterocycles. The summed E-state index contributed by atoms with van der Waals surface area (Å²) in [7, 11) is 0. The number of hydrogen-bond donors (Lipinski definition) is 0. The van der Waals surface area contributed by atoms with Gasteiger partial charge in [0.05, 0.1) is 12.2 Å². The Balaban J connectivity index is 1.56. The lowest BCUT2D eigenvalue weighted by Crippen LogP contribution is -2.39. The predicted octanol–water partition coefficient (Wildman–Crippen LogP) is 3.23. The second-order valence-corrected chi connectivity index (χ2v) is 7.44. The normalized spacial score (nSPS) is 41.5. The van der Waals surface area contributed by atoms with Gasteiger partial charge in [-0.25, -0.2) is 0 Å². The molecule has 2 saturated heterocycles. The molecule has 1 amide bonds. The van der Waals surface area contributed by atoms with Crippen LogP contribution in [0.2, 0.25) is 0 Å². The number of carbonyl (C=O) groups excluding carboxylic acids is 1. The van der Waals surface area contributed by atoms with E-state index in [2.05, 4.69) is 18.7 Å². The summed E-state index contributed by atoms with van der Waals surface area (Å²) in [6, 6.07) is 0. The summed E-state index contributed by atoms with van der Waals surface area (Å²) >= 11 is 0. The van der Waals surface area contributed by atoms with Crippen molar-refractivity contribution >= 4 is 5.91 Å². The van der Waals surface area contributed by atoms with E-state index in [1.54, 1.807) is 0 Å². The zero-order valence-corrected chi connectivity index (χ0v) is 13.1. The Morgan fingerprint density at radius 3 is 2.70 bits per heavy atom. The number of likely N-dealkylation sites (tertiary alicyclic amines) is 1. The van der Waals surface area contributed by atoms with Gasteiger partial charge in [0.15, 0.2) is 0 Å². The number of hydrogen-bond acceptors (Lipinski definition) is 2. The van der Waals surface area contributed by atoms with Gasteiger partial charge in [-0.1, -0.05) is 20.3 Å². The minimum atomic E-state index is 0.0122. The van der Waals surface area contributed by atoms with Crippen LogP contribution in [0, 0.1) is 17.8 Å². The van der Waals surface area contributed by atoms with Crippen LogP contribution in [0.4, 0.5) is 0 Å². The largest absolute Gasteiger partial charge is 0.373 e. The summed E-state index contributed by atoms with van der Waals surface area (Å²) in [6.45, 7) is 7.23. The van der Waals surface area contributed by atoms with Crippen LogP contribution in [-0.4, -0.2) is 36.1 Å². The lowest BCUT2D eigenvalue weighted by Gasteiger charge is -2.30. The third kappa shape index (κ3) is 2.74. The van der Waals surface area contributed by atoms with Crippen molar-refractivity contribution in [1.82, 2.24) is 4.90 Å². The van der Waals surface area contributed by atoms with E-state index in [-0.39, 0.29) is 5.60 Å². The average molecular weight is 279 g/mol. The van der Waals surface area contributed by atoms with Crippen LogP contribution in [0.25, 0.3) is 0 Å². The van der Waals surface area contributed by atoms with Crippen molar-refractivity contribution in [3.8, 4) is 0 Å². The summed E-state index contributed by atoms with van der Waals surface area (Å²) in [5, 5.41) is 0. The third-order valence-electron chi connectivity index (χ3n) is 5.86. The lowest BCUT2D eigenvalue weighted by atomic mass is 9.82. The molecular weight excluding hydrogens is 250 g/mol. The maximum atomic E-state index is 12.7. The van der Waals surface area contributed by atoms with E-state index in [1.165, 1.54) is 19.3 Å². The molecule has 2 atom stereocenters. The summed E-state index contributed by atoms with van der Waals surface area (Å²) < 4.78 is 6.10. The van der Waals surface area contributed by atoms with E-state index >= 15 is 0 Å². The van der Waals surface area contributed by atoms with Gasteiger partial charge >= 0.3 is 0 Å². The number of nitrogens with zero attached hydrogens (tertiary/aromatic N) is 1. The first-order valence-corrected chi connectivity index (χ1v) is 8.54. The summed E-state index contributed by atoms with van der Waals surface area (Å²) in [5.41, 5.74) is 0.0122. The molecule has 0 bridgehead atoms. The van der Waals surface area contributed by atoms with Crippen LogP contribution in [0.1, 0.15) is 58.8 Å². The predicted molar refractivity (Wildman–Crippen MR) is 79.4 cm³/mol. The fraction of sp³-hybridized carbons (Fsp3) is 0.941. The molecule has 0 N–H and O–H groups in total. The Morgan fingerprint density at radius 2 is 2.05 bits per heavy atom. The number of rotatable bonds is 2. The van der Waals surface area contributed by atoms with E-state index in [0.717, 1.165) is 51.3 Å². The Kier molecular flexibility index (Phi) is 4.07. The van der Waals surface area contributed by atoms with Crippen molar-refractivity contribution < 1.29 is 9.53 Å². The molecule has 114 valence electrons. The van der Waals surface area contributed by atoms with Crippen LogP contribution in [0.15, 0.2) is 0 Å². The molecule has 3 heteroatoms. The number of carbonyl (C=O) groups is 1. The molecule has 0 aromatic carbocycles. The van der Waals surface area contributed by atoms with Gasteiger partial charge < -0.3 is 9.64 Å². The lowest BCUT2D eigenvalue weighted by molar-refractivity contribution is -0.136. The third-order valence-corrected chi connectivity index (χ3v) is 5.86. The van der Waals surface area contributed by atoms with Crippen LogP contribution in [0.3, 0.4) is 0 Å². The van der Waals surface area contributed by atoms with E-state index in [0.29, 0.717) is 17.7 Å². The average Bonchev–Trinajstić information content (AvgIpc) is 3.07. The van der Waals surface area contributed by atoms with Crippen molar-refractivity contribution in [2.75, 3.05) is 19.7 Å². The molecule has 3 rings (SSSR count). The molecule has 1 aliphatic carbocycles. The highest BCUT2D eigenvalue weighted by molar-refractivity contribution is 5.79. The van der Waals surface area contributed by atoms with Gasteiger partial charge in [-0.2, -0.15) is 0 Å². The highest BCUT2D eigenvalue weighted by atomic mass is 16.5. The molecule has 20 heavy (non-hydrogen) atoms. The van der Waals surface area contributed by atoms with E-state index < -0.39 is 0 Å². The molecule has 1 spiro atoms. The number of amides is 1. The molecule has 0 radical (unpaired) electrons.